The number of fused-ring (bicyclic) bond motifs is 2. The van der Waals surface area contributed by atoms with Crippen molar-refractivity contribution < 1.29 is 4.79 Å². The molecule has 2 aliphatic rings. The van der Waals surface area contributed by atoms with Crippen LogP contribution in [0.25, 0.3) is 0 Å². The van der Waals surface area contributed by atoms with Gasteiger partial charge in [-0.05, 0) is 39.0 Å². The third kappa shape index (κ3) is 4.12. The average molecular weight is 355 g/mol. The zero-order valence-electron chi connectivity index (χ0n) is 15.3. The second-order valence-electron chi connectivity index (χ2n) is 7.67. The van der Waals surface area contributed by atoms with Crippen molar-refractivity contribution in [2.45, 2.75) is 72.0 Å². The van der Waals surface area contributed by atoms with Gasteiger partial charge in [0.2, 0.25) is 5.91 Å². The largest absolute Gasteiger partial charge is 0.341 e. The molecule has 0 spiro atoms. The molecule has 2 atom stereocenters. The number of hydrogen-bond donors (Lipinski definition) is 1. The van der Waals surface area contributed by atoms with E-state index in [0.29, 0.717) is 24.4 Å². The topological polar surface area (TPSA) is 50.2 Å². The number of halogens is 1. The molecule has 6 heteroatoms. The number of carbonyl (C=O) groups excluding carboxylic acids is 1. The highest BCUT2D eigenvalue weighted by atomic mass is 35.5. The van der Waals surface area contributed by atoms with E-state index in [1.807, 2.05) is 6.92 Å². The highest BCUT2D eigenvalue weighted by Crippen LogP contribution is 2.22. The second kappa shape index (κ2) is 7.87. The molecule has 2 saturated heterocycles. The summed E-state index contributed by atoms with van der Waals surface area (Å²) in [6.45, 7) is 11.2. The minimum absolute atomic E-state index is 0. The van der Waals surface area contributed by atoms with Gasteiger partial charge in [0.15, 0.2) is 0 Å². The molecule has 2 fully saturated rings. The van der Waals surface area contributed by atoms with Crippen LogP contribution in [0.3, 0.4) is 0 Å². The number of carbonyl (C=O) groups is 1. The van der Waals surface area contributed by atoms with Gasteiger partial charge in [0.1, 0.15) is 0 Å². The van der Waals surface area contributed by atoms with Crippen LogP contribution < -0.4 is 5.32 Å². The zero-order chi connectivity index (χ0) is 16.6. The van der Waals surface area contributed by atoms with Gasteiger partial charge in [-0.1, -0.05) is 13.8 Å². The van der Waals surface area contributed by atoms with Crippen molar-refractivity contribution in [3.63, 3.8) is 0 Å². The summed E-state index contributed by atoms with van der Waals surface area (Å²) < 4.78 is 2.06. The Balaban J connectivity index is 0.00000208. The summed E-state index contributed by atoms with van der Waals surface area (Å²) in [5, 5.41) is 8.28. The Morgan fingerprint density at radius 3 is 2.67 bits per heavy atom. The Kier molecular flexibility index (Phi) is 6.32. The van der Waals surface area contributed by atoms with Crippen LogP contribution >= 0.6 is 12.4 Å². The Hall–Kier alpha value is -1.07. The summed E-state index contributed by atoms with van der Waals surface area (Å²) in [6.07, 6.45) is 4.06. The van der Waals surface area contributed by atoms with Crippen LogP contribution in [0.15, 0.2) is 0 Å². The molecular formula is C18H31ClN4O. The van der Waals surface area contributed by atoms with Crippen LogP contribution in [0.4, 0.5) is 0 Å². The van der Waals surface area contributed by atoms with E-state index in [1.165, 1.54) is 12.8 Å². The molecule has 24 heavy (non-hydrogen) atoms. The molecule has 5 nitrogen and oxygen atoms in total. The average Bonchev–Trinajstić information content (AvgIpc) is 2.92. The third-order valence-electron chi connectivity index (χ3n) is 5.27. The van der Waals surface area contributed by atoms with E-state index in [9.17, 15) is 4.79 Å². The fraction of sp³-hybridized carbons (Fsp3) is 0.778. The van der Waals surface area contributed by atoms with Crippen molar-refractivity contribution in [3.05, 3.63) is 17.0 Å². The summed E-state index contributed by atoms with van der Waals surface area (Å²) in [5.74, 6) is 0.818. The molecule has 2 unspecified atom stereocenters. The van der Waals surface area contributed by atoms with Gasteiger partial charge in [0.05, 0.1) is 12.1 Å². The quantitative estimate of drug-likeness (QED) is 0.903. The lowest BCUT2D eigenvalue weighted by Gasteiger charge is -2.24. The standard InChI is InChI=1S/C18H30N4O.ClH/c1-12(2)10-22-14(4)17(13(3)20-22)9-18(23)21-8-7-15-5-6-16(11-21)19-15;/h12,15-16,19H,5-11H2,1-4H3;1H. The Morgan fingerprint density at radius 2 is 1.96 bits per heavy atom. The summed E-state index contributed by atoms with van der Waals surface area (Å²) in [6, 6.07) is 1.12. The molecule has 1 aromatic rings. The Labute approximate surface area is 151 Å². The van der Waals surface area contributed by atoms with Crippen LogP contribution in [0, 0.1) is 19.8 Å². The first-order valence-electron chi connectivity index (χ1n) is 9.00. The van der Waals surface area contributed by atoms with Gasteiger partial charge in [-0.15, -0.1) is 12.4 Å². The normalized spacial score (nSPS) is 23.3. The minimum atomic E-state index is 0. The molecule has 1 aromatic heterocycles. The van der Waals surface area contributed by atoms with Crippen molar-refractivity contribution in [1.29, 1.82) is 0 Å². The first kappa shape index (κ1) is 19.3. The lowest BCUT2D eigenvalue weighted by molar-refractivity contribution is -0.130. The van der Waals surface area contributed by atoms with Gasteiger partial charge in [0, 0.05) is 43.0 Å². The number of hydrogen-bond acceptors (Lipinski definition) is 3. The maximum atomic E-state index is 12.8. The fourth-order valence-corrected chi connectivity index (χ4v) is 3.95. The fourth-order valence-electron chi connectivity index (χ4n) is 3.95. The molecule has 136 valence electrons. The van der Waals surface area contributed by atoms with E-state index in [0.717, 1.165) is 43.0 Å². The first-order chi connectivity index (χ1) is 10.9. The molecule has 3 heterocycles. The number of rotatable bonds is 4. The Bertz CT molecular complexity index is 584. The molecule has 0 radical (unpaired) electrons. The van der Waals surface area contributed by atoms with Crippen LogP contribution in [-0.4, -0.2) is 45.8 Å². The summed E-state index contributed by atoms with van der Waals surface area (Å²) >= 11 is 0. The van der Waals surface area contributed by atoms with Crippen molar-refractivity contribution in [2.75, 3.05) is 13.1 Å². The minimum Gasteiger partial charge on any atom is -0.341 e. The number of nitrogens with one attached hydrogen (secondary N) is 1. The third-order valence-corrected chi connectivity index (χ3v) is 5.27. The first-order valence-corrected chi connectivity index (χ1v) is 9.00. The smallest absolute Gasteiger partial charge is 0.227 e. The van der Waals surface area contributed by atoms with E-state index in [-0.39, 0.29) is 18.3 Å². The van der Waals surface area contributed by atoms with Gasteiger partial charge < -0.3 is 10.2 Å². The second-order valence-corrected chi connectivity index (χ2v) is 7.67. The van der Waals surface area contributed by atoms with E-state index in [2.05, 4.69) is 40.8 Å². The molecule has 2 bridgehead atoms. The molecule has 2 aliphatic heterocycles. The van der Waals surface area contributed by atoms with Crippen molar-refractivity contribution in [1.82, 2.24) is 20.0 Å². The lowest BCUT2D eigenvalue weighted by atomic mass is 10.1. The molecular weight excluding hydrogens is 324 g/mol. The van der Waals surface area contributed by atoms with E-state index in [4.69, 9.17) is 0 Å². The number of aryl methyl sites for hydroxylation is 1. The van der Waals surface area contributed by atoms with E-state index >= 15 is 0 Å². The van der Waals surface area contributed by atoms with Crippen LogP contribution in [0.1, 0.15) is 50.1 Å². The van der Waals surface area contributed by atoms with E-state index < -0.39 is 0 Å². The van der Waals surface area contributed by atoms with Crippen molar-refractivity contribution >= 4 is 18.3 Å². The highest BCUT2D eigenvalue weighted by molar-refractivity contribution is 5.85. The van der Waals surface area contributed by atoms with Crippen LogP contribution in [0.2, 0.25) is 0 Å². The van der Waals surface area contributed by atoms with E-state index in [1.54, 1.807) is 0 Å². The van der Waals surface area contributed by atoms with Gasteiger partial charge in [-0.2, -0.15) is 5.10 Å². The number of likely N-dealkylation sites (tertiary alicyclic amines) is 1. The maximum Gasteiger partial charge on any atom is 0.227 e. The SMILES string of the molecule is Cc1nn(CC(C)C)c(C)c1CC(=O)N1CCC2CCC(C1)N2.Cl. The molecule has 1 amide bonds. The summed E-state index contributed by atoms with van der Waals surface area (Å²) in [5.41, 5.74) is 3.28. The number of nitrogens with zero attached hydrogens (tertiary/aromatic N) is 3. The van der Waals surface area contributed by atoms with Crippen molar-refractivity contribution in [3.8, 4) is 0 Å². The summed E-state index contributed by atoms with van der Waals surface area (Å²) in [4.78, 5) is 14.9. The van der Waals surface area contributed by atoms with Crippen LogP contribution in [-0.2, 0) is 17.8 Å². The molecule has 3 rings (SSSR count). The van der Waals surface area contributed by atoms with Gasteiger partial charge in [0.25, 0.3) is 0 Å². The predicted molar refractivity (Wildman–Crippen MR) is 98.6 cm³/mol. The maximum absolute atomic E-state index is 12.8. The number of aromatic nitrogens is 2. The molecule has 0 saturated carbocycles. The lowest BCUT2D eigenvalue weighted by Crippen LogP contribution is -2.39. The zero-order valence-corrected chi connectivity index (χ0v) is 16.2. The highest BCUT2D eigenvalue weighted by Gasteiger charge is 2.31. The van der Waals surface area contributed by atoms with Gasteiger partial charge >= 0.3 is 0 Å². The van der Waals surface area contributed by atoms with Crippen LogP contribution in [0.5, 0.6) is 0 Å². The Morgan fingerprint density at radius 1 is 1.25 bits per heavy atom. The molecule has 0 aromatic carbocycles. The molecule has 0 aliphatic carbocycles. The summed E-state index contributed by atoms with van der Waals surface area (Å²) in [7, 11) is 0. The van der Waals surface area contributed by atoms with Gasteiger partial charge in [-0.25, -0.2) is 0 Å². The molecule has 1 N–H and O–H groups in total. The number of amides is 1. The predicted octanol–water partition coefficient (Wildman–Crippen LogP) is 2.47. The van der Waals surface area contributed by atoms with Crippen molar-refractivity contribution in [2.24, 2.45) is 5.92 Å². The van der Waals surface area contributed by atoms with Gasteiger partial charge in [-0.3, -0.25) is 9.48 Å². The monoisotopic (exact) mass is 354 g/mol.